The first-order valence-corrected chi connectivity index (χ1v) is 8.16. The van der Waals surface area contributed by atoms with Gasteiger partial charge in [-0.05, 0) is 19.2 Å². The minimum absolute atomic E-state index is 0. The van der Waals surface area contributed by atoms with Crippen molar-refractivity contribution < 1.29 is 18.7 Å². The molecule has 0 saturated carbocycles. The quantitative estimate of drug-likeness (QED) is 0.746. The van der Waals surface area contributed by atoms with E-state index in [4.69, 9.17) is 9.15 Å². The summed E-state index contributed by atoms with van der Waals surface area (Å²) in [4.78, 5) is 28.7. The number of carbonyl (C=O) groups excluding carboxylic acids is 1. The van der Waals surface area contributed by atoms with Crippen LogP contribution in [0.2, 0.25) is 0 Å². The number of rotatable bonds is 4. The Morgan fingerprint density at radius 1 is 1.19 bits per heavy atom. The van der Waals surface area contributed by atoms with E-state index in [2.05, 4.69) is 21.6 Å². The zero-order valence-electron chi connectivity index (χ0n) is 15.1. The number of carbonyl (C=O) groups is 1. The Morgan fingerprint density at radius 3 is 2.50 bits per heavy atom. The van der Waals surface area contributed by atoms with E-state index >= 15 is 0 Å². The number of ether oxygens (including phenoxy) is 2. The molecule has 142 valence electrons. The number of methoxy groups -OCH3 is 2. The Labute approximate surface area is 157 Å². The lowest BCUT2D eigenvalue weighted by Gasteiger charge is -2.32. The fraction of sp³-hybridized carbons (Fsp3) is 0.444. The molecular formula is C18H23ClN2O5. The van der Waals surface area contributed by atoms with E-state index in [0.717, 1.165) is 31.7 Å². The van der Waals surface area contributed by atoms with Gasteiger partial charge in [-0.1, -0.05) is 0 Å². The summed E-state index contributed by atoms with van der Waals surface area (Å²) in [6.07, 6.45) is 0. The highest BCUT2D eigenvalue weighted by molar-refractivity contribution is 5.90. The molecule has 0 aliphatic carbocycles. The second kappa shape index (κ2) is 8.53. The summed E-state index contributed by atoms with van der Waals surface area (Å²) < 4.78 is 15.9. The van der Waals surface area contributed by atoms with Crippen molar-refractivity contribution in [3.8, 4) is 5.75 Å². The Balaban J connectivity index is 0.00000243. The number of benzene rings is 1. The van der Waals surface area contributed by atoms with Crippen LogP contribution in [0.3, 0.4) is 0 Å². The average molecular weight is 383 g/mol. The van der Waals surface area contributed by atoms with Gasteiger partial charge in [-0.25, -0.2) is 4.79 Å². The van der Waals surface area contributed by atoms with E-state index in [1.807, 2.05) is 0 Å². The molecule has 1 aliphatic heterocycles. The molecule has 1 aromatic heterocycles. The predicted molar refractivity (Wildman–Crippen MR) is 100 cm³/mol. The van der Waals surface area contributed by atoms with Crippen LogP contribution in [-0.4, -0.2) is 63.2 Å². The van der Waals surface area contributed by atoms with Crippen molar-refractivity contribution in [1.29, 1.82) is 0 Å². The number of hydrogen-bond donors (Lipinski definition) is 0. The molecule has 0 atom stereocenters. The fourth-order valence-corrected chi connectivity index (χ4v) is 3.03. The molecule has 1 saturated heterocycles. The van der Waals surface area contributed by atoms with Gasteiger partial charge in [-0.15, -0.1) is 12.4 Å². The van der Waals surface area contributed by atoms with Crippen molar-refractivity contribution in [2.24, 2.45) is 0 Å². The molecule has 8 heteroatoms. The fourth-order valence-electron chi connectivity index (χ4n) is 3.03. The average Bonchev–Trinajstić information content (AvgIpc) is 2.63. The minimum atomic E-state index is -0.674. The standard InChI is InChI=1S/C18H22N2O5.ClH/c1-19-6-8-20(9-7-19)11-13-15(23-2)5-4-12-14(21)10-16(18(22)24-3)25-17(12)13;/h4-5,10H,6-9,11H2,1-3H3;1H. The van der Waals surface area contributed by atoms with Crippen molar-refractivity contribution >= 4 is 29.3 Å². The summed E-state index contributed by atoms with van der Waals surface area (Å²) in [5, 5.41) is 0.428. The van der Waals surface area contributed by atoms with E-state index in [1.165, 1.54) is 13.2 Å². The zero-order chi connectivity index (χ0) is 18.0. The van der Waals surface area contributed by atoms with Gasteiger partial charge in [0.25, 0.3) is 0 Å². The third-order valence-corrected chi connectivity index (χ3v) is 4.54. The van der Waals surface area contributed by atoms with E-state index in [0.29, 0.717) is 23.3 Å². The van der Waals surface area contributed by atoms with Crippen LogP contribution in [-0.2, 0) is 11.3 Å². The number of esters is 1. The molecule has 1 aliphatic rings. The number of fused-ring (bicyclic) bond motifs is 1. The van der Waals surface area contributed by atoms with Gasteiger partial charge in [0.2, 0.25) is 5.76 Å². The van der Waals surface area contributed by atoms with Gasteiger partial charge in [-0.2, -0.15) is 0 Å². The third-order valence-electron chi connectivity index (χ3n) is 4.54. The Kier molecular flexibility index (Phi) is 6.63. The molecule has 0 unspecified atom stereocenters. The number of nitrogens with zero attached hydrogens (tertiary/aromatic N) is 2. The first-order chi connectivity index (χ1) is 12.0. The van der Waals surface area contributed by atoms with Gasteiger partial charge >= 0.3 is 5.97 Å². The van der Waals surface area contributed by atoms with Gasteiger partial charge in [0.15, 0.2) is 5.43 Å². The van der Waals surface area contributed by atoms with E-state index in [1.54, 1.807) is 19.2 Å². The number of piperazine rings is 1. The monoisotopic (exact) mass is 382 g/mol. The summed E-state index contributed by atoms with van der Waals surface area (Å²) in [6, 6.07) is 4.59. The smallest absolute Gasteiger partial charge is 0.374 e. The SMILES string of the molecule is COC(=O)c1cc(=O)c2ccc(OC)c(CN3CCN(C)CC3)c2o1.Cl. The lowest BCUT2D eigenvalue weighted by molar-refractivity contribution is 0.0565. The highest BCUT2D eigenvalue weighted by atomic mass is 35.5. The van der Waals surface area contributed by atoms with Crippen molar-refractivity contribution in [3.05, 3.63) is 39.7 Å². The number of likely N-dealkylation sites (N-methyl/N-ethyl adjacent to an activating group) is 1. The van der Waals surface area contributed by atoms with Gasteiger partial charge in [0, 0.05) is 38.8 Å². The molecule has 3 rings (SSSR count). The Morgan fingerprint density at radius 2 is 1.88 bits per heavy atom. The number of halogens is 1. The van der Waals surface area contributed by atoms with Gasteiger partial charge in [-0.3, -0.25) is 9.69 Å². The first-order valence-electron chi connectivity index (χ1n) is 8.16. The van der Waals surface area contributed by atoms with Crippen LogP contribution in [0, 0.1) is 0 Å². The van der Waals surface area contributed by atoms with E-state index < -0.39 is 5.97 Å². The van der Waals surface area contributed by atoms with Gasteiger partial charge in [0.05, 0.1) is 25.2 Å². The van der Waals surface area contributed by atoms with Crippen LogP contribution in [0.25, 0.3) is 11.0 Å². The lowest BCUT2D eigenvalue weighted by atomic mass is 10.1. The van der Waals surface area contributed by atoms with Crippen LogP contribution >= 0.6 is 12.4 Å². The Hall–Kier alpha value is -2.09. The van der Waals surface area contributed by atoms with Crippen LogP contribution < -0.4 is 10.2 Å². The van der Waals surface area contributed by atoms with Crippen molar-refractivity contribution in [2.75, 3.05) is 47.4 Å². The normalized spacial score (nSPS) is 15.5. The largest absolute Gasteiger partial charge is 0.496 e. The number of hydrogen-bond acceptors (Lipinski definition) is 7. The second-order valence-corrected chi connectivity index (χ2v) is 6.17. The highest BCUT2D eigenvalue weighted by Gasteiger charge is 2.21. The summed E-state index contributed by atoms with van der Waals surface area (Å²) in [6.45, 7) is 4.37. The summed E-state index contributed by atoms with van der Waals surface area (Å²) in [7, 11) is 4.93. The Bertz CT molecular complexity index is 843. The summed E-state index contributed by atoms with van der Waals surface area (Å²) in [5.74, 6) is -0.142. The minimum Gasteiger partial charge on any atom is -0.496 e. The molecule has 0 bridgehead atoms. The molecule has 26 heavy (non-hydrogen) atoms. The molecule has 7 nitrogen and oxygen atoms in total. The lowest BCUT2D eigenvalue weighted by Crippen LogP contribution is -2.43. The first kappa shape index (κ1) is 20.2. The van der Waals surface area contributed by atoms with Gasteiger partial charge < -0.3 is 18.8 Å². The molecular weight excluding hydrogens is 360 g/mol. The van der Waals surface area contributed by atoms with Crippen LogP contribution in [0.4, 0.5) is 0 Å². The van der Waals surface area contributed by atoms with Crippen LogP contribution in [0.5, 0.6) is 5.75 Å². The maximum absolute atomic E-state index is 12.4. The zero-order valence-corrected chi connectivity index (χ0v) is 15.9. The predicted octanol–water partition coefficient (Wildman–Crippen LogP) is 1.76. The van der Waals surface area contributed by atoms with Crippen LogP contribution in [0.1, 0.15) is 16.1 Å². The molecule has 0 N–H and O–H groups in total. The maximum atomic E-state index is 12.4. The third kappa shape index (κ3) is 4.00. The van der Waals surface area contributed by atoms with E-state index in [9.17, 15) is 9.59 Å². The topological polar surface area (TPSA) is 72.2 Å². The van der Waals surface area contributed by atoms with Crippen molar-refractivity contribution in [1.82, 2.24) is 9.80 Å². The highest BCUT2D eigenvalue weighted by Crippen LogP contribution is 2.29. The van der Waals surface area contributed by atoms with Gasteiger partial charge in [0.1, 0.15) is 11.3 Å². The van der Waals surface area contributed by atoms with Crippen molar-refractivity contribution in [3.63, 3.8) is 0 Å². The molecule has 1 aromatic carbocycles. The van der Waals surface area contributed by atoms with E-state index in [-0.39, 0.29) is 23.6 Å². The van der Waals surface area contributed by atoms with Crippen molar-refractivity contribution in [2.45, 2.75) is 6.54 Å². The second-order valence-electron chi connectivity index (χ2n) is 6.17. The molecule has 0 radical (unpaired) electrons. The molecule has 0 amide bonds. The molecule has 0 spiro atoms. The summed E-state index contributed by atoms with van der Waals surface area (Å²) >= 11 is 0. The molecule has 2 aromatic rings. The molecule has 1 fully saturated rings. The van der Waals surface area contributed by atoms with Crippen LogP contribution in [0.15, 0.2) is 27.4 Å². The summed E-state index contributed by atoms with van der Waals surface area (Å²) in [5.41, 5.74) is 0.877. The molecule has 2 heterocycles. The maximum Gasteiger partial charge on any atom is 0.374 e.